The lowest BCUT2D eigenvalue weighted by Crippen LogP contribution is -2.13. The van der Waals surface area contributed by atoms with E-state index in [0.29, 0.717) is 0 Å². The first-order valence-electron chi connectivity index (χ1n) is 5.56. The van der Waals surface area contributed by atoms with Gasteiger partial charge in [-0.3, -0.25) is 4.79 Å². The number of para-hydroxylation sites is 1. The lowest BCUT2D eigenvalue weighted by Gasteiger charge is -2.08. The quantitative estimate of drug-likeness (QED) is 0.844. The Balaban J connectivity index is 2.15. The lowest BCUT2D eigenvalue weighted by molar-refractivity contribution is 0.102. The zero-order valence-corrected chi connectivity index (χ0v) is 9.60. The Bertz CT molecular complexity index is 493. The molecule has 1 aromatic heterocycles. The SMILES string of the molecule is CCCc1ccccc1NC(=O)c1cn[nH]n1. The maximum atomic E-state index is 11.8. The highest BCUT2D eigenvalue weighted by Gasteiger charge is 2.10. The van der Waals surface area contributed by atoms with Crippen LogP contribution in [0.3, 0.4) is 0 Å². The molecule has 1 aromatic carbocycles. The summed E-state index contributed by atoms with van der Waals surface area (Å²) in [4.78, 5) is 11.8. The van der Waals surface area contributed by atoms with E-state index in [1.165, 1.54) is 6.20 Å². The fraction of sp³-hybridized carbons (Fsp3) is 0.250. The van der Waals surface area contributed by atoms with Crippen LogP contribution in [0.5, 0.6) is 0 Å². The number of nitrogens with one attached hydrogen (secondary N) is 2. The molecule has 0 saturated heterocycles. The largest absolute Gasteiger partial charge is 0.320 e. The average Bonchev–Trinajstić information content (AvgIpc) is 2.85. The predicted octanol–water partition coefficient (Wildman–Crippen LogP) is 2.01. The van der Waals surface area contributed by atoms with Crippen LogP contribution in [0.1, 0.15) is 29.4 Å². The summed E-state index contributed by atoms with van der Waals surface area (Å²) in [7, 11) is 0. The molecule has 88 valence electrons. The molecule has 0 radical (unpaired) electrons. The molecule has 1 amide bonds. The van der Waals surface area contributed by atoms with Crippen molar-refractivity contribution >= 4 is 11.6 Å². The zero-order valence-electron chi connectivity index (χ0n) is 9.60. The van der Waals surface area contributed by atoms with Gasteiger partial charge in [-0.2, -0.15) is 15.4 Å². The van der Waals surface area contributed by atoms with E-state index in [1.807, 2.05) is 24.3 Å². The standard InChI is InChI=1S/C12H14N4O/c1-2-5-9-6-3-4-7-10(9)14-12(17)11-8-13-16-15-11/h3-4,6-8H,2,5H2,1H3,(H,14,17)(H,13,15,16). The molecule has 0 aliphatic heterocycles. The molecule has 17 heavy (non-hydrogen) atoms. The normalized spacial score (nSPS) is 10.2. The molecule has 0 bridgehead atoms. The minimum atomic E-state index is -0.248. The van der Waals surface area contributed by atoms with E-state index in [4.69, 9.17) is 0 Å². The first-order valence-corrected chi connectivity index (χ1v) is 5.56. The van der Waals surface area contributed by atoms with E-state index < -0.39 is 0 Å². The number of carbonyl (C=O) groups excluding carboxylic acids is 1. The van der Waals surface area contributed by atoms with Crippen LogP contribution in [-0.2, 0) is 6.42 Å². The van der Waals surface area contributed by atoms with Crippen molar-refractivity contribution < 1.29 is 4.79 Å². The summed E-state index contributed by atoms with van der Waals surface area (Å²) in [6.07, 6.45) is 3.38. The summed E-state index contributed by atoms with van der Waals surface area (Å²) in [5, 5.41) is 12.6. The molecular formula is C12H14N4O. The molecule has 0 atom stereocenters. The van der Waals surface area contributed by atoms with Gasteiger partial charge in [0.2, 0.25) is 0 Å². The number of aromatic nitrogens is 3. The highest BCUT2D eigenvalue weighted by atomic mass is 16.2. The van der Waals surface area contributed by atoms with Gasteiger partial charge in [-0.05, 0) is 18.1 Å². The topological polar surface area (TPSA) is 70.7 Å². The van der Waals surface area contributed by atoms with Crippen molar-refractivity contribution in [3.63, 3.8) is 0 Å². The molecule has 0 unspecified atom stereocenters. The van der Waals surface area contributed by atoms with Crippen molar-refractivity contribution in [1.29, 1.82) is 0 Å². The van der Waals surface area contributed by atoms with Crippen LogP contribution < -0.4 is 5.32 Å². The number of amides is 1. The summed E-state index contributed by atoms with van der Waals surface area (Å²) in [6.45, 7) is 2.11. The Morgan fingerprint density at radius 3 is 2.94 bits per heavy atom. The predicted molar refractivity (Wildman–Crippen MR) is 64.8 cm³/mol. The molecule has 2 aromatic rings. The van der Waals surface area contributed by atoms with Gasteiger partial charge in [0, 0.05) is 5.69 Å². The van der Waals surface area contributed by atoms with Gasteiger partial charge < -0.3 is 5.32 Å². The third-order valence-corrected chi connectivity index (χ3v) is 2.43. The number of hydrogen-bond donors (Lipinski definition) is 2. The van der Waals surface area contributed by atoms with Gasteiger partial charge in [-0.15, -0.1) is 0 Å². The van der Waals surface area contributed by atoms with Crippen LogP contribution in [0.25, 0.3) is 0 Å². The Morgan fingerprint density at radius 2 is 2.24 bits per heavy atom. The maximum Gasteiger partial charge on any atom is 0.277 e. The third-order valence-electron chi connectivity index (χ3n) is 2.43. The van der Waals surface area contributed by atoms with Crippen LogP contribution in [0.4, 0.5) is 5.69 Å². The van der Waals surface area contributed by atoms with Crippen LogP contribution in [0, 0.1) is 0 Å². The summed E-state index contributed by atoms with van der Waals surface area (Å²) in [5.74, 6) is -0.248. The number of H-pyrrole nitrogens is 1. The second kappa shape index (κ2) is 5.25. The smallest absolute Gasteiger partial charge is 0.277 e. The molecule has 0 aliphatic rings. The minimum Gasteiger partial charge on any atom is -0.320 e. The van der Waals surface area contributed by atoms with Crippen molar-refractivity contribution in [2.24, 2.45) is 0 Å². The third kappa shape index (κ3) is 2.69. The molecule has 0 fully saturated rings. The number of hydrogen-bond acceptors (Lipinski definition) is 3. The van der Waals surface area contributed by atoms with E-state index in [2.05, 4.69) is 27.7 Å². The molecule has 2 rings (SSSR count). The molecule has 2 N–H and O–H groups in total. The fourth-order valence-corrected chi connectivity index (χ4v) is 1.63. The number of rotatable bonds is 4. The first-order chi connectivity index (χ1) is 8.31. The van der Waals surface area contributed by atoms with Gasteiger partial charge in [-0.25, -0.2) is 0 Å². The Hall–Kier alpha value is -2.17. The zero-order chi connectivity index (χ0) is 12.1. The number of aryl methyl sites for hydroxylation is 1. The van der Waals surface area contributed by atoms with Gasteiger partial charge in [0.1, 0.15) is 0 Å². The summed E-state index contributed by atoms with van der Waals surface area (Å²) < 4.78 is 0. The molecule has 0 spiro atoms. The van der Waals surface area contributed by atoms with Gasteiger partial charge in [-0.1, -0.05) is 31.5 Å². The van der Waals surface area contributed by atoms with Crippen LogP contribution in [0.2, 0.25) is 0 Å². The highest BCUT2D eigenvalue weighted by Crippen LogP contribution is 2.17. The van der Waals surface area contributed by atoms with E-state index in [-0.39, 0.29) is 11.6 Å². The summed E-state index contributed by atoms with van der Waals surface area (Å²) in [5.41, 5.74) is 2.26. The van der Waals surface area contributed by atoms with E-state index in [9.17, 15) is 4.79 Å². The van der Waals surface area contributed by atoms with Crippen LogP contribution >= 0.6 is 0 Å². The van der Waals surface area contributed by atoms with Crippen molar-refractivity contribution in [3.8, 4) is 0 Å². The average molecular weight is 230 g/mol. The molecule has 5 heteroatoms. The number of benzene rings is 1. The minimum absolute atomic E-state index is 0.248. The van der Waals surface area contributed by atoms with Gasteiger partial charge in [0.25, 0.3) is 5.91 Å². The maximum absolute atomic E-state index is 11.8. The number of carbonyl (C=O) groups is 1. The summed E-state index contributed by atoms with van der Waals surface area (Å²) >= 11 is 0. The van der Waals surface area contributed by atoms with Gasteiger partial charge >= 0.3 is 0 Å². The van der Waals surface area contributed by atoms with Crippen LogP contribution in [0.15, 0.2) is 30.5 Å². The fourth-order valence-electron chi connectivity index (χ4n) is 1.63. The number of anilines is 1. The van der Waals surface area contributed by atoms with Crippen molar-refractivity contribution in [3.05, 3.63) is 41.7 Å². The van der Waals surface area contributed by atoms with E-state index in [1.54, 1.807) is 0 Å². The van der Waals surface area contributed by atoms with Gasteiger partial charge in [0.05, 0.1) is 6.20 Å². The molecular weight excluding hydrogens is 216 g/mol. The number of nitrogens with zero attached hydrogens (tertiary/aromatic N) is 2. The first kappa shape index (κ1) is 11.3. The van der Waals surface area contributed by atoms with Crippen molar-refractivity contribution in [2.45, 2.75) is 19.8 Å². The second-order valence-corrected chi connectivity index (χ2v) is 3.72. The van der Waals surface area contributed by atoms with Crippen molar-refractivity contribution in [1.82, 2.24) is 15.4 Å². The monoisotopic (exact) mass is 230 g/mol. The molecule has 0 saturated carbocycles. The second-order valence-electron chi connectivity index (χ2n) is 3.72. The highest BCUT2D eigenvalue weighted by molar-refractivity contribution is 6.02. The molecule has 1 heterocycles. The van der Waals surface area contributed by atoms with Gasteiger partial charge in [0.15, 0.2) is 5.69 Å². The van der Waals surface area contributed by atoms with E-state index in [0.717, 1.165) is 24.1 Å². The number of aromatic amines is 1. The summed E-state index contributed by atoms with van der Waals surface area (Å²) in [6, 6.07) is 7.78. The Kier molecular flexibility index (Phi) is 3.49. The Labute approximate surface area is 99.2 Å². The lowest BCUT2D eigenvalue weighted by atomic mass is 10.1. The molecule has 0 aliphatic carbocycles. The van der Waals surface area contributed by atoms with E-state index >= 15 is 0 Å². The molecule has 5 nitrogen and oxygen atoms in total. The van der Waals surface area contributed by atoms with Crippen molar-refractivity contribution in [2.75, 3.05) is 5.32 Å². The van der Waals surface area contributed by atoms with Crippen LogP contribution in [-0.4, -0.2) is 21.3 Å². The Morgan fingerprint density at radius 1 is 1.41 bits per heavy atom.